The highest BCUT2D eigenvalue weighted by molar-refractivity contribution is 7.13. The first-order chi connectivity index (χ1) is 13.7. The summed E-state index contributed by atoms with van der Waals surface area (Å²) in [6.07, 6.45) is 16.2. The van der Waals surface area contributed by atoms with Gasteiger partial charge in [-0.05, 0) is 43.3 Å². The second-order valence-electron chi connectivity index (χ2n) is 7.83. The maximum atomic E-state index is 4.89. The lowest BCUT2D eigenvalue weighted by atomic mass is 9.79. The third-order valence-electron chi connectivity index (χ3n) is 5.88. The molecule has 2 aliphatic carbocycles. The van der Waals surface area contributed by atoms with Gasteiger partial charge in [-0.3, -0.25) is 9.98 Å². The predicted molar refractivity (Wildman–Crippen MR) is 120 cm³/mol. The van der Waals surface area contributed by atoms with Gasteiger partial charge in [-0.15, -0.1) is 11.3 Å². The van der Waals surface area contributed by atoms with E-state index in [1.54, 1.807) is 17.5 Å². The molecule has 0 spiro atoms. The van der Waals surface area contributed by atoms with E-state index in [0.29, 0.717) is 17.8 Å². The van der Waals surface area contributed by atoms with Gasteiger partial charge in [-0.2, -0.15) is 0 Å². The normalized spacial score (nSPS) is 25.5. The molecule has 146 valence electrons. The number of nitrogens with zero attached hydrogens (tertiary/aromatic N) is 3. The van der Waals surface area contributed by atoms with Crippen LogP contribution in [0.15, 0.2) is 63.3 Å². The molecule has 1 aromatic rings. The van der Waals surface area contributed by atoms with Crippen LogP contribution in [0.4, 0.5) is 5.13 Å². The largest absolute Gasteiger partial charge is 0.330 e. The minimum atomic E-state index is 0.305. The Morgan fingerprint density at radius 2 is 2.18 bits per heavy atom. The molecule has 0 aromatic carbocycles. The number of fused-ring (bicyclic) bond motifs is 1. The minimum Gasteiger partial charge on any atom is -0.330 e. The Bertz CT molecular complexity index is 893. The van der Waals surface area contributed by atoms with Crippen LogP contribution in [0.3, 0.4) is 0 Å². The summed E-state index contributed by atoms with van der Waals surface area (Å²) in [5.41, 5.74) is 5.86. The van der Waals surface area contributed by atoms with E-state index in [9.17, 15) is 0 Å². The summed E-state index contributed by atoms with van der Waals surface area (Å²) in [4.78, 5) is 13.9. The minimum absolute atomic E-state index is 0.305. The fraction of sp³-hybridized carbons (Fsp3) is 0.435. The molecule has 2 unspecified atom stereocenters. The third kappa shape index (κ3) is 3.81. The first kappa shape index (κ1) is 19.1. The molecule has 5 heteroatoms. The van der Waals surface area contributed by atoms with Crippen molar-refractivity contribution >= 4 is 28.4 Å². The highest BCUT2D eigenvalue weighted by Crippen LogP contribution is 2.39. The van der Waals surface area contributed by atoms with Crippen LogP contribution >= 0.6 is 11.3 Å². The van der Waals surface area contributed by atoms with Gasteiger partial charge in [0.05, 0.1) is 17.1 Å². The lowest BCUT2D eigenvalue weighted by molar-refractivity contribution is 0.577. The average Bonchev–Trinajstić information content (AvgIpc) is 3.43. The maximum absolute atomic E-state index is 4.89. The van der Waals surface area contributed by atoms with E-state index < -0.39 is 0 Å². The Morgan fingerprint density at radius 1 is 1.36 bits per heavy atom. The Labute approximate surface area is 171 Å². The van der Waals surface area contributed by atoms with Crippen molar-refractivity contribution in [3.63, 3.8) is 0 Å². The van der Waals surface area contributed by atoms with Gasteiger partial charge in [0.25, 0.3) is 0 Å². The first-order valence-corrected chi connectivity index (χ1v) is 11.1. The first-order valence-electron chi connectivity index (χ1n) is 10.2. The lowest BCUT2D eigenvalue weighted by Crippen LogP contribution is -2.27. The number of rotatable bonds is 6. The standard InChI is InChI=1S/C23H28N4S/c1-4-16(12-24-5-2)19-13-25-22-18(19)10-15(3)11-20(22)26-23-27-21(14-28-23)17-8-6-7-9-17/h4-5,11-15,17-18H,2,6-10H2,1,3H3,(H,26,27)/b16-4+,24-12?. The summed E-state index contributed by atoms with van der Waals surface area (Å²) >= 11 is 1.71. The van der Waals surface area contributed by atoms with Gasteiger partial charge < -0.3 is 5.32 Å². The van der Waals surface area contributed by atoms with Crippen molar-refractivity contribution < 1.29 is 0 Å². The van der Waals surface area contributed by atoms with Gasteiger partial charge in [0.15, 0.2) is 5.13 Å². The summed E-state index contributed by atoms with van der Waals surface area (Å²) in [6, 6.07) is 0. The van der Waals surface area contributed by atoms with Gasteiger partial charge in [-0.25, -0.2) is 4.98 Å². The van der Waals surface area contributed by atoms with Crippen LogP contribution in [0.5, 0.6) is 0 Å². The molecule has 0 radical (unpaired) electrons. The molecule has 1 aliphatic heterocycles. The lowest BCUT2D eigenvalue weighted by Gasteiger charge is -2.27. The number of thiazole rings is 1. The van der Waals surface area contributed by atoms with E-state index >= 15 is 0 Å². The fourth-order valence-corrected chi connectivity index (χ4v) is 5.27. The van der Waals surface area contributed by atoms with Crippen molar-refractivity contribution in [3.8, 4) is 0 Å². The summed E-state index contributed by atoms with van der Waals surface area (Å²) in [7, 11) is 0. The van der Waals surface area contributed by atoms with E-state index in [-0.39, 0.29) is 0 Å². The average molecular weight is 393 g/mol. The van der Waals surface area contributed by atoms with Gasteiger partial charge in [-0.1, -0.05) is 38.5 Å². The van der Waals surface area contributed by atoms with E-state index in [1.165, 1.54) is 37.0 Å². The number of nitrogens with one attached hydrogen (secondary N) is 1. The topological polar surface area (TPSA) is 49.6 Å². The molecule has 1 fully saturated rings. The van der Waals surface area contributed by atoms with Gasteiger partial charge in [0.1, 0.15) is 0 Å². The second-order valence-corrected chi connectivity index (χ2v) is 8.69. The Morgan fingerprint density at radius 3 is 2.93 bits per heavy atom. The van der Waals surface area contributed by atoms with Crippen LogP contribution in [0.2, 0.25) is 0 Å². The predicted octanol–water partition coefficient (Wildman–Crippen LogP) is 6.25. The van der Waals surface area contributed by atoms with Crippen molar-refractivity contribution in [1.29, 1.82) is 0 Å². The summed E-state index contributed by atoms with van der Waals surface area (Å²) in [5, 5.41) is 6.79. The monoisotopic (exact) mass is 392 g/mol. The molecule has 0 saturated heterocycles. The van der Waals surface area contributed by atoms with Gasteiger partial charge >= 0.3 is 0 Å². The van der Waals surface area contributed by atoms with Crippen LogP contribution in [0, 0.1) is 11.8 Å². The van der Waals surface area contributed by atoms with Crippen LogP contribution in [0.1, 0.15) is 57.6 Å². The van der Waals surface area contributed by atoms with Crippen molar-refractivity contribution in [2.75, 3.05) is 5.32 Å². The Kier molecular flexibility index (Phi) is 5.72. The van der Waals surface area contributed by atoms with Crippen molar-refractivity contribution in [3.05, 3.63) is 59.0 Å². The molecule has 28 heavy (non-hydrogen) atoms. The molecule has 1 aromatic heterocycles. The molecular weight excluding hydrogens is 364 g/mol. The molecule has 4 rings (SSSR count). The SMILES string of the molecule is C=CN=C/C(=C\C)C1=CN=C2C(Nc3nc(C4CCCC4)cs3)=CC(C)CC12. The zero-order valence-electron chi connectivity index (χ0n) is 16.7. The molecule has 0 bridgehead atoms. The molecule has 2 atom stereocenters. The number of aliphatic imine (C=N–C) groups is 2. The van der Waals surface area contributed by atoms with Crippen molar-refractivity contribution in [2.45, 2.75) is 51.9 Å². The fourth-order valence-electron chi connectivity index (χ4n) is 4.47. The molecular formula is C23H28N4S. The summed E-state index contributed by atoms with van der Waals surface area (Å²) in [5.74, 6) is 1.44. The van der Waals surface area contributed by atoms with Gasteiger partial charge in [0, 0.05) is 35.8 Å². The number of aromatic nitrogens is 1. The molecule has 1 N–H and O–H groups in total. The Balaban J connectivity index is 1.52. The molecule has 3 aliphatic rings. The second kappa shape index (κ2) is 8.39. The zero-order valence-corrected chi connectivity index (χ0v) is 17.5. The van der Waals surface area contributed by atoms with E-state index in [0.717, 1.165) is 28.5 Å². The third-order valence-corrected chi connectivity index (χ3v) is 6.66. The van der Waals surface area contributed by atoms with Crippen LogP contribution < -0.4 is 5.32 Å². The smallest absolute Gasteiger partial charge is 0.187 e. The summed E-state index contributed by atoms with van der Waals surface area (Å²) < 4.78 is 0. The zero-order chi connectivity index (χ0) is 19.5. The van der Waals surface area contributed by atoms with Crippen LogP contribution in [-0.2, 0) is 0 Å². The highest BCUT2D eigenvalue weighted by atomic mass is 32.1. The quantitative estimate of drug-likeness (QED) is 0.582. The number of anilines is 1. The molecule has 0 amide bonds. The highest BCUT2D eigenvalue weighted by Gasteiger charge is 2.34. The Hall–Kier alpha value is -2.27. The van der Waals surface area contributed by atoms with Crippen molar-refractivity contribution in [2.24, 2.45) is 21.8 Å². The number of hydrogen-bond acceptors (Lipinski definition) is 5. The van der Waals surface area contributed by atoms with E-state index in [2.05, 4.69) is 41.3 Å². The van der Waals surface area contributed by atoms with Gasteiger partial charge in [0.2, 0.25) is 0 Å². The van der Waals surface area contributed by atoms with Crippen molar-refractivity contribution in [1.82, 2.24) is 4.98 Å². The molecule has 2 heterocycles. The summed E-state index contributed by atoms with van der Waals surface area (Å²) in [6.45, 7) is 8.00. The molecule has 4 nitrogen and oxygen atoms in total. The number of hydrogen-bond donors (Lipinski definition) is 1. The number of allylic oxidation sites excluding steroid dienone is 5. The van der Waals surface area contributed by atoms with Crippen LogP contribution in [0.25, 0.3) is 0 Å². The van der Waals surface area contributed by atoms with E-state index in [1.807, 2.05) is 19.3 Å². The maximum Gasteiger partial charge on any atom is 0.187 e. The molecule has 1 saturated carbocycles. The van der Waals surface area contributed by atoms with Crippen LogP contribution in [-0.4, -0.2) is 16.9 Å². The van der Waals surface area contributed by atoms with E-state index in [4.69, 9.17) is 9.98 Å².